The van der Waals surface area contributed by atoms with Crippen molar-refractivity contribution >= 4 is 7.82 Å². The van der Waals surface area contributed by atoms with Gasteiger partial charge in [-0.15, -0.1) is 0 Å². The molecule has 0 aliphatic carbocycles. The zero-order valence-corrected chi connectivity index (χ0v) is 25.2. The first-order valence-electron chi connectivity index (χ1n) is 14.8. The third kappa shape index (κ3) is 28.6. The summed E-state index contributed by atoms with van der Waals surface area (Å²) in [4.78, 5) is 9.65. The number of quaternary nitrogens is 1. The van der Waals surface area contributed by atoms with Gasteiger partial charge in [-0.05, 0) is 6.42 Å². The highest BCUT2D eigenvalue weighted by atomic mass is 31.2. The van der Waals surface area contributed by atoms with Crippen LogP contribution in [0.15, 0.2) is 0 Å². The van der Waals surface area contributed by atoms with E-state index in [1.54, 1.807) is 0 Å². The molecule has 0 amide bonds. The first-order valence-corrected chi connectivity index (χ1v) is 16.3. The summed E-state index contributed by atoms with van der Waals surface area (Å²) in [5.74, 6) is 0. The molecule has 0 fully saturated rings. The Morgan fingerprint density at radius 3 is 1.47 bits per heavy atom. The van der Waals surface area contributed by atoms with E-state index in [0.29, 0.717) is 17.6 Å². The van der Waals surface area contributed by atoms with Gasteiger partial charge >= 0.3 is 7.82 Å². The average molecular weight is 539 g/mol. The van der Waals surface area contributed by atoms with Gasteiger partial charge in [-0.3, -0.25) is 9.05 Å². The Morgan fingerprint density at radius 1 is 0.639 bits per heavy atom. The van der Waals surface area contributed by atoms with E-state index in [1.807, 2.05) is 21.1 Å². The summed E-state index contributed by atoms with van der Waals surface area (Å²) in [6.45, 7) is 3.38. The van der Waals surface area contributed by atoms with Gasteiger partial charge in [0, 0.05) is 6.61 Å². The Bertz CT molecular complexity index is 515. The van der Waals surface area contributed by atoms with E-state index in [1.165, 1.54) is 103 Å². The predicted octanol–water partition coefficient (Wildman–Crippen LogP) is 7.25. The maximum atomic E-state index is 11.8. The molecule has 2 N–H and O–H groups in total. The fourth-order valence-electron chi connectivity index (χ4n) is 4.02. The average Bonchev–Trinajstić information content (AvgIpc) is 2.80. The fraction of sp³-hybridized carbons (Fsp3) is 1.00. The van der Waals surface area contributed by atoms with Crippen LogP contribution < -0.4 is 0 Å². The van der Waals surface area contributed by atoms with Gasteiger partial charge in [0.15, 0.2) is 0 Å². The summed E-state index contributed by atoms with van der Waals surface area (Å²) in [5.41, 5.74) is 0. The van der Waals surface area contributed by atoms with Crippen molar-refractivity contribution in [3.63, 3.8) is 0 Å². The zero-order valence-electron chi connectivity index (χ0n) is 24.3. The number of ether oxygens (including phenoxy) is 1. The SMILES string of the molecule is CCCCCCCCCCCCCCCCCCCCOC[C@H](O)COP(=O)(O)OCC[N+](C)(C)C. The predicted molar refractivity (Wildman–Crippen MR) is 150 cm³/mol. The smallest absolute Gasteiger partial charge is 0.388 e. The van der Waals surface area contributed by atoms with E-state index in [2.05, 4.69) is 6.92 Å². The van der Waals surface area contributed by atoms with Gasteiger partial charge in [0.2, 0.25) is 0 Å². The molecule has 8 heteroatoms. The van der Waals surface area contributed by atoms with Crippen LogP contribution in [0.4, 0.5) is 0 Å². The Labute approximate surface area is 223 Å². The summed E-state index contributed by atoms with van der Waals surface area (Å²) in [5, 5.41) is 9.88. The third-order valence-corrected chi connectivity index (χ3v) is 7.38. The molecule has 1 unspecified atom stereocenters. The molecule has 2 atom stereocenters. The molecule has 218 valence electrons. The summed E-state index contributed by atoms with van der Waals surface area (Å²) in [6, 6.07) is 0. The van der Waals surface area contributed by atoms with Gasteiger partial charge in [-0.2, -0.15) is 0 Å². The molecule has 7 nitrogen and oxygen atoms in total. The van der Waals surface area contributed by atoms with Crippen molar-refractivity contribution in [1.82, 2.24) is 0 Å². The van der Waals surface area contributed by atoms with E-state index in [0.717, 1.165) is 12.8 Å². The maximum absolute atomic E-state index is 11.8. The van der Waals surface area contributed by atoms with Crippen molar-refractivity contribution in [2.45, 2.75) is 129 Å². The molecule has 0 saturated carbocycles. The molecule has 0 aliphatic rings. The normalized spacial score (nSPS) is 14.7. The largest absolute Gasteiger partial charge is 0.472 e. The van der Waals surface area contributed by atoms with Crippen LogP contribution in [0.5, 0.6) is 0 Å². The van der Waals surface area contributed by atoms with E-state index in [4.69, 9.17) is 13.8 Å². The van der Waals surface area contributed by atoms with E-state index in [-0.39, 0.29) is 19.8 Å². The minimum atomic E-state index is -4.14. The number of phosphoric ester groups is 1. The van der Waals surface area contributed by atoms with Crippen molar-refractivity contribution < 1.29 is 32.8 Å². The number of nitrogens with zero attached hydrogens (tertiary/aromatic N) is 1. The molecule has 0 radical (unpaired) electrons. The van der Waals surface area contributed by atoms with Crippen molar-refractivity contribution in [2.75, 3.05) is 54.1 Å². The van der Waals surface area contributed by atoms with E-state index in [9.17, 15) is 14.6 Å². The summed E-state index contributed by atoms with van der Waals surface area (Å²) in [6.07, 6.45) is 23.3. The lowest BCUT2D eigenvalue weighted by atomic mass is 10.0. The van der Waals surface area contributed by atoms with Gasteiger partial charge in [-0.25, -0.2) is 4.57 Å². The molecule has 0 spiro atoms. The fourth-order valence-corrected chi connectivity index (χ4v) is 4.77. The van der Waals surface area contributed by atoms with Crippen LogP contribution in [0.25, 0.3) is 0 Å². The van der Waals surface area contributed by atoms with Crippen molar-refractivity contribution in [1.29, 1.82) is 0 Å². The van der Waals surface area contributed by atoms with Gasteiger partial charge in [0.1, 0.15) is 19.3 Å². The van der Waals surface area contributed by atoms with Gasteiger partial charge < -0.3 is 19.2 Å². The molecule has 0 aromatic heterocycles. The molecule has 0 aromatic carbocycles. The highest BCUT2D eigenvalue weighted by Gasteiger charge is 2.24. The molecular weight excluding hydrogens is 477 g/mol. The lowest BCUT2D eigenvalue weighted by molar-refractivity contribution is -0.870. The minimum Gasteiger partial charge on any atom is -0.388 e. The van der Waals surface area contributed by atoms with Crippen LogP contribution in [-0.4, -0.2) is 74.7 Å². The molecule has 0 saturated heterocycles. The van der Waals surface area contributed by atoms with Gasteiger partial charge in [-0.1, -0.05) is 116 Å². The van der Waals surface area contributed by atoms with Crippen LogP contribution in [0.3, 0.4) is 0 Å². The van der Waals surface area contributed by atoms with Crippen LogP contribution in [0.2, 0.25) is 0 Å². The van der Waals surface area contributed by atoms with Crippen molar-refractivity contribution in [2.24, 2.45) is 0 Å². The number of aliphatic hydroxyl groups excluding tert-OH is 1. The Balaban J connectivity index is 3.34. The molecule has 0 heterocycles. The summed E-state index contributed by atoms with van der Waals surface area (Å²) >= 11 is 0. The highest BCUT2D eigenvalue weighted by molar-refractivity contribution is 7.47. The second-order valence-electron chi connectivity index (χ2n) is 11.4. The standard InChI is InChI=1S/C28H60NO6P/c1-5-6-7-8-9-10-11-12-13-14-15-16-17-18-19-20-21-22-24-33-26-28(30)27-35-36(31,32)34-25-23-29(2,3)4/h28,30H,5-27H2,1-4H3/p+1/t28-/m0/s1. The number of hydrogen-bond donors (Lipinski definition) is 2. The van der Waals surface area contributed by atoms with Crippen LogP contribution in [-0.2, 0) is 18.3 Å². The first-order chi connectivity index (χ1) is 17.2. The number of likely N-dealkylation sites (N-methyl/N-ethyl adjacent to an activating group) is 1. The molecule has 0 aliphatic heterocycles. The second kappa shape index (κ2) is 24.1. The lowest BCUT2D eigenvalue weighted by Crippen LogP contribution is -2.37. The quantitative estimate of drug-likeness (QED) is 0.0620. The third-order valence-electron chi connectivity index (χ3n) is 6.40. The molecule has 0 aromatic rings. The topological polar surface area (TPSA) is 85.2 Å². The van der Waals surface area contributed by atoms with Crippen LogP contribution in [0.1, 0.15) is 122 Å². The van der Waals surface area contributed by atoms with Gasteiger partial charge in [0.25, 0.3) is 0 Å². The van der Waals surface area contributed by atoms with Crippen LogP contribution >= 0.6 is 7.82 Å². The van der Waals surface area contributed by atoms with Crippen LogP contribution in [0, 0.1) is 0 Å². The lowest BCUT2D eigenvalue weighted by Gasteiger charge is -2.24. The molecule has 36 heavy (non-hydrogen) atoms. The zero-order chi connectivity index (χ0) is 27.0. The Kier molecular flexibility index (Phi) is 24.1. The second-order valence-corrected chi connectivity index (χ2v) is 12.8. The number of rotatable bonds is 28. The first kappa shape index (κ1) is 36.0. The van der Waals surface area contributed by atoms with Crippen molar-refractivity contribution in [3.8, 4) is 0 Å². The minimum absolute atomic E-state index is 0.0951. The number of phosphoric acid groups is 1. The monoisotopic (exact) mass is 538 g/mol. The van der Waals surface area contributed by atoms with Gasteiger partial charge in [0.05, 0.1) is 34.4 Å². The Hall–Kier alpha value is -0.0100. The maximum Gasteiger partial charge on any atom is 0.472 e. The highest BCUT2D eigenvalue weighted by Crippen LogP contribution is 2.43. The van der Waals surface area contributed by atoms with E-state index < -0.39 is 13.9 Å². The molecular formula is C28H61NO6P+. The summed E-state index contributed by atoms with van der Waals surface area (Å²) in [7, 11) is 1.76. The number of aliphatic hydroxyl groups is 1. The summed E-state index contributed by atoms with van der Waals surface area (Å²) < 4.78 is 27.7. The Morgan fingerprint density at radius 2 is 1.06 bits per heavy atom. The number of hydrogen-bond acceptors (Lipinski definition) is 5. The number of unbranched alkanes of at least 4 members (excludes halogenated alkanes) is 17. The molecule has 0 rings (SSSR count). The molecule has 0 bridgehead atoms. The van der Waals surface area contributed by atoms with Crippen molar-refractivity contribution in [3.05, 3.63) is 0 Å². The van der Waals surface area contributed by atoms with E-state index >= 15 is 0 Å².